The highest BCUT2D eigenvalue weighted by molar-refractivity contribution is 5.78. The van der Waals surface area contributed by atoms with Crippen molar-refractivity contribution in [2.24, 2.45) is 7.05 Å². The normalized spacial score (nSPS) is 15.6. The summed E-state index contributed by atoms with van der Waals surface area (Å²) in [6, 6.07) is 6.27. The second-order valence-corrected chi connectivity index (χ2v) is 5.93. The molecule has 0 atom stereocenters. The van der Waals surface area contributed by atoms with E-state index in [4.69, 9.17) is 15.6 Å². The molecule has 1 saturated carbocycles. The van der Waals surface area contributed by atoms with Crippen molar-refractivity contribution in [1.29, 1.82) is 0 Å². The molecule has 21 heavy (non-hydrogen) atoms. The van der Waals surface area contributed by atoms with Crippen molar-refractivity contribution >= 4 is 5.82 Å². The van der Waals surface area contributed by atoms with Crippen LogP contribution in [0, 0.1) is 6.92 Å². The number of nitrogens with two attached hydrogens (primary N) is 1. The zero-order chi connectivity index (χ0) is 15.0. The van der Waals surface area contributed by atoms with Crippen LogP contribution in [-0.2, 0) is 7.05 Å². The van der Waals surface area contributed by atoms with Crippen LogP contribution in [0.25, 0.3) is 11.1 Å². The Balaban J connectivity index is 2.12. The van der Waals surface area contributed by atoms with Gasteiger partial charge in [0.15, 0.2) is 0 Å². The molecule has 0 spiro atoms. The van der Waals surface area contributed by atoms with E-state index in [1.807, 2.05) is 14.0 Å². The van der Waals surface area contributed by atoms with Crippen LogP contribution in [0.3, 0.4) is 0 Å². The maximum atomic E-state index is 6.29. The van der Waals surface area contributed by atoms with E-state index in [2.05, 4.69) is 18.2 Å². The van der Waals surface area contributed by atoms with Gasteiger partial charge >= 0.3 is 0 Å². The predicted octanol–water partition coefficient (Wildman–Crippen LogP) is 3.64. The molecule has 0 saturated heterocycles. The van der Waals surface area contributed by atoms with Crippen molar-refractivity contribution in [3.63, 3.8) is 0 Å². The Labute approximate surface area is 125 Å². The van der Waals surface area contributed by atoms with E-state index in [0.29, 0.717) is 5.92 Å². The van der Waals surface area contributed by atoms with Crippen LogP contribution in [0.15, 0.2) is 18.2 Å². The Hall–Kier alpha value is -1.97. The quantitative estimate of drug-likeness (QED) is 0.936. The Morgan fingerprint density at radius 2 is 2.00 bits per heavy atom. The fraction of sp³-hybridized carbons (Fsp3) is 0.471. The molecule has 3 rings (SSSR count). The first kappa shape index (κ1) is 14.0. The van der Waals surface area contributed by atoms with E-state index in [1.54, 1.807) is 11.8 Å². The monoisotopic (exact) mass is 285 g/mol. The minimum Gasteiger partial charge on any atom is -0.496 e. The number of aromatic nitrogens is 2. The average Bonchev–Trinajstić information content (AvgIpc) is 3.09. The van der Waals surface area contributed by atoms with Crippen LogP contribution in [-0.4, -0.2) is 16.9 Å². The van der Waals surface area contributed by atoms with E-state index in [9.17, 15) is 0 Å². The number of anilines is 1. The maximum absolute atomic E-state index is 6.29. The predicted molar refractivity (Wildman–Crippen MR) is 85.6 cm³/mol. The molecule has 0 amide bonds. The molecule has 1 aliphatic carbocycles. The molecular weight excluding hydrogens is 262 g/mol. The van der Waals surface area contributed by atoms with Crippen molar-refractivity contribution in [3.05, 3.63) is 29.5 Å². The average molecular weight is 285 g/mol. The minimum absolute atomic E-state index is 0.538. The Morgan fingerprint density at radius 1 is 1.29 bits per heavy atom. The Morgan fingerprint density at radius 3 is 2.67 bits per heavy atom. The van der Waals surface area contributed by atoms with Gasteiger partial charge < -0.3 is 10.5 Å². The first-order valence-electron chi connectivity index (χ1n) is 7.59. The smallest absolute Gasteiger partial charge is 0.129 e. The molecule has 1 heterocycles. The lowest BCUT2D eigenvalue weighted by Gasteiger charge is -2.11. The van der Waals surface area contributed by atoms with Crippen molar-refractivity contribution in [1.82, 2.24) is 9.78 Å². The number of hydrogen-bond acceptors (Lipinski definition) is 3. The number of nitrogens with zero attached hydrogens (tertiary/aromatic N) is 2. The SMILES string of the molecule is COc1cc(-c2c(C3CCCC3)nn(C)c2N)ccc1C. The summed E-state index contributed by atoms with van der Waals surface area (Å²) in [5.74, 6) is 2.17. The molecule has 4 nitrogen and oxygen atoms in total. The van der Waals surface area contributed by atoms with E-state index in [-0.39, 0.29) is 0 Å². The second kappa shape index (κ2) is 5.43. The van der Waals surface area contributed by atoms with Gasteiger partial charge in [-0.2, -0.15) is 5.10 Å². The third-order valence-electron chi connectivity index (χ3n) is 4.56. The molecule has 1 fully saturated rings. The highest BCUT2D eigenvalue weighted by Gasteiger charge is 2.26. The van der Waals surface area contributed by atoms with Gasteiger partial charge in [0.05, 0.1) is 12.8 Å². The summed E-state index contributed by atoms with van der Waals surface area (Å²) >= 11 is 0. The number of methoxy groups -OCH3 is 1. The summed E-state index contributed by atoms with van der Waals surface area (Å²) in [6.07, 6.45) is 5.01. The number of nitrogen functional groups attached to an aromatic ring is 1. The van der Waals surface area contributed by atoms with Gasteiger partial charge in [-0.15, -0.1) is 0 Å². The number of rotatable bonds is 3. The molecule has 0 radical (unpaired) electrons. The van der Waals surface area contributed by atoms with E-state index < -0.39 is 0 Å². The van der Waals surface area contributed by atoms with Gasteiger partial charge in [0.1, 0.15) is 11.6 Å². The fourth-order valence-electron chi connectivity index (χ4n) is 3.31. The van der Waals surface area contributed by atoms with Crippen LogP contribution in [0.5, 0.6) is 5.75 Å². The van der Waals surface area contributed by atoms with Crippen molar-refractivity contribution < 1.29 is 4.74 Å². The molecule has 0 unspecified atom stereocenters. The molecule has 2 N–H and O–H groups in total. The Kier molecular flexibility index (Phi) is 3.62. The summed E-state index contributed by atoms with van der Waals surface area (Å²) in [6.45, 7) is 2.05. The first-order chi connectivity index (χ1) is 10.1. The summed E-state index contributed by atoms with van der Waals surface area (Å²) in [4.78, 5) is 0. The molecule has 1 aromatic carbocycles. The van der Waals surface area contributed by atoms with Gasteiger partial charge in [-0.3, -0.25) is 4.68 Å². The number of aryl methyl sites for hydroxylation is 2. The van der Waals surface area contributed by atoms with Crippen molar-refractivity contribution in [2.75, 3.05) is 12.8 Å². The summed E-state index contributed by atoms with van der Waals surface area (Å²) in [7, 11) is 3.62. The second-order valence-electron chi connectivity index (χ2n) is 5.93. The highest BCUT2D eigenvalue weighted by Crippen LogP contribution is 2.41. The van der Waals surface area contributed by atoms with Gasteiger partial charge in [-0.05, 0) is 37.0 Å². The number of hydrogen-bond donors (Lipinski definition) is 1. The largest absolute Gasteiger partial charge is 0.496 e. The number of ether oxygens (including phenoxy) is 1. The molecule has 4 heteroatoms. The summed E-state index contributed by atoms with van der Waals surface area (Å²) in [5, 5.41) is 4.70. The topological polar surface area (TPSA) is 53.1 Å². The van der Waals surface area contributed by atoms with Crippen LogP contribution < -0.4 is 10.5 Å². The third kappa shape index (κ3) is 2.39. The zero-order valence-corrected chi connectivity index (χ0v) is 13.0. The van der Waals surface area contributed by atoms with Gasteiger partial charge in [-0.1, -0.05) is 25.0 Å². The highest BCUT2D eigenvalue weighted by atomic mass is 16.5. The van der Waals surface area contributed by atoms with Gasteiger partial charge in [0.2, 0.25) is 0 Å². The molecule has 2 aromatic rings. The van der Waals surface area contributed by atoms with Crippen molar-refractivity contribution in [3.8, 4) is 16.9 Å². The minimum atomic E-state index is 0.538. The first-order valence-corrected chi connectivity index (χ1v) is 7.59. The van der Waals surface area contributed by atoms with Gasteiger partial charge in [0.25, 0.3) is 0 Å². The van der Waals surface area contributed by atoms with Crippen LogP contribution in [0.2, 0.25) is 0 Å². The lowest BCUT2D eigenvalue weighted by atomic mass is 9.95. The zero-order valence-electron chi connectivity index (χ0n) is 13.0. The van der Waals surface area contributed by atoms with E-state index in [1.165, 1.54) is 25.7 Å². The molecule has 0 bridgehead atoms. The molecule has 1 aromatic heterocycles. The summed E-state index contributed by atoms with van der Waals surface area (Å²) < 4.78 is 7.25. The lowest BCUT2D eigenvalue weighted by molar-refractivity contribution is 0.412. The fourth-order valence-corrected chi connectivity index (χ4v) is 3.31. The van der Waals surface area contributed by atoms with Gasteiger partial charge in [-0.25, -0.2) is 0 Å². The Bertz CT molecular complexity index is 654. The van der Waals surface area contributed by atoms with E-state index in [0.717, 1.165) is 34.0 Å². The molecule has 1 aliphatic rings. The summed E-state index contributed by atoms with van der Waals surface area (Å²) in [5.41, 5.74) is 10.8. The van der Waals surface area contributed by atoms with Crippen LogP contribution >= 0.6 is 0 Å². The maximum Gasteiger partial charge on any atom is 0.129 e. The van der Waals surface area contributed by atoms with Crippen LogP contribution in [0.1, 0.15) is 42.9 Å². The van der Waals surface area contributed by atoms with Crippen molar-refractivity contribution in [2.45, 2.75) is 38.5 Å². The molecular formula is C17H23N3O. The van der Waals surface area contributed by atoms with Gasteiger partial charge in [0, 0.05) is 18.5 Å². The molecule has 112 valence electrons. The standard InChI is InChI=1S/C17H23N3O/c1-11-8-9-13(10-14(11)21-3)15-16(12-6-4-5-7-12)19-20(2)17(15)18/h8-10,12H,4-7,18H2,1-3H3. The molecule has 0 aliphatic heterocycles. The van der Waals surface area contributed by atoms with E-state index >= 15 is 0 Å². The lowest BCUT2D eigenvalue weighted by Crippen LogP contribution is -1.98. The number of benzene rings is 1. The third-order valence-corrected chi connectivity index (χ3v) is 4.56. The van der Waals surface area contributed by atoms with Crippen LogP contribution in [0.4, 0.5) is 5.82 Å².